The van der Waals surface area contributed by atoms with Crippen molar-refractivity contribution in [3.8, 4) is 0 Å². The van der Waals surface area contributed by atoms with Gasteiger partial charge in [0.05, 0.1) is 5.60 Å². The maximum Gasteiger partial charge on any atom is 0.0663 e. The van der Waals surface area contributed by atoms with Crippen LogP contribution in [0.2, 0.25) is 0 Å². The van der Waals surface area contributed by atoms with E-state index in [0.717, 1.165) is 0 Å². The third-order valence-corrected chi connectivity index (χ3v) is 2.76. The van der Waals surface area contributed by atoms with Gasteiger partial charge >= 0.3 is 0 Å². The lowest BCUT2D eigenvalue weighted by atomic mass is 9.97. The molecule has 1 atom stereocenters. The largest absolute Gasteiger partial charge is 0.378 e. The average Bonchev–Trinajstić information content (AvgIpc) is 2.15. The van der Waals surface area contributed by atoms with Gasteiger partial charge in [-0.3, -0.25) is 0 Å². The highest BCUT2D eigenvalue weighted by Crippen LogP contribution is 2.24. The van der Waals surface area contributed by atoms with E-state index in [1.807, 2.05) is 7.11 Å². The number of hydrogen-bond acceptors (Lipinski definition) is 2. The number of ether oxygens (including phenoxy) is 1. The molecule has 0 aromatic rings. The van der Waals surface area contributed by atoms with Crippen LogP contribution < -0.4 is 0 Å². The van der Waals surface area contributed by atoms with Crippen molar-refractivity contribution in [2.24, 2.45) is 0 Å². The lowest BCUT2D eigenvalue weighted by Crippen LogP contribution is -2.28. The fraction of sp³-hybridized carbons (Fsp3) is 1.00. The van der Waals surface area contributed by atoms with E-state index in [0.29, 0.717) is 0 Å². The Hall–Kier alpha value is -0.0800. The molecule has 0 aliphatic carbocycles. The fourth-order valence-corrected chi connectivity index (χ4v) is 1.59. The van der Waals surface area contributed by atoms with Crippen LogP contribution in [0.15, 0.2) is 0 Å². The summed E-state index contributed by atoms with van der Waals surface area (Å²) in [5, 5.41) is 0. The third-order valence-electron chi connectivity index (χ3n) is 2.76. The smallest absolute Gasteiger partial charge is 0.0663 e. The van der Waals surface area contributed by atoms with Crippen molar-refractivity contribution in [2.45, 2.75) is 31.8 Å². The van der Waals surface area contributed by atoms with E-state index >= 15 is 0 Å². The van der Waals surface area contributed by atoms with Crippen LogP contribution in [0, 0.1) is 0 Å². The van der Waals surface area contributed by atoms with Crippen molar-refractivity contribution in [1.82, 2.24) is 4.90 Å². The second kappa shape index (κ2) is 3.55. The van der Waals surface area contributed by atoms with E-state index in [2.05, 4.69) is 18.9 Å². The zero-order valence-electron chi connectivity index (χ0n) is 7.89. The van der Waals surface area contributed by atoms with Gasteiger partial charge in [0, 0.05) is 13.7 Å². The zero-order valence-corrected chi connectivity index (χ0v) is 7.89. The topological polar surface area (TPSA) is 12.5 Å². The van der Waals surface area contributed by atoms with Gasteiger partial charge in [-0.25, -0.2) is 0 Å². The molecular formula is C9H19NO. The molecule has 1 unspecified atom stereocenters. The molecular weight excluding hydrogens is 138 g/mol. The first kappa shape index (κ1) is 9.01. The molecule has 0 radical (unpaired) electrons. The molecule has 2 heteroatoms. The molecule has 11 heavy (non-hydrogen) atoms. The van der Waals surface area contributed by atoms with Crippen LogP contribution in [0.1, 0.15) is 26.2 Å². The van der Waals surface area contributed by atoms with E-state index in [4.69, 9.17) is 4.74 Å². The van der Waals surface area contributed by atoms with Crippen LogP contribution in [-0.2, 0) is 4.74 Å². The molecule has 0 aromatic carbocycles. The Morgan fingerprint density at radius 1 is 1.27 bits per heavy atom. The molecule has 1 saturated heterocycles. The molecule has 0 bridgehead atoms. The minimum atomic E-state index is 0.144. The molecule has 2 nitrogen and oxygen atoms in total. The number of nitrogens with zero attached hydrogens (tertiary/aromatic N) is 1. The van der Waals surface area contributed by atoms with Crippen molar-refractivity contribution in [3.05, 3.63) is 0 Å². The van der Waals surface area contributed by atoms with Crippen LogP contribution in [0.4, 0.5) is 0 Å². The average molecular weight is 157 g/mol. The zero-order chi connectivity index (χ0) is 8.32. The van der Waals surface area contributed by atoms with Crippen molar-refractivity contribution in [1.29, 1.82) is 0 Å². The van der Waals surface area contributed by atoms with E-state index in [-0.39, 0.29) is 5.60 Å². The van der Waals surface area contributed by atoms with Crippen LogP contribution in [0.5, 0.6) is 0 Å². The van der Waals surface area contributed by atoms with Gasteiger partial charge in [0.1, 0.15) is 0 Å². The van der Waals surface area contributed by atoms with Gasteiger partial charge in [-0.1, -0.05) is 0 Å². The standard InChI is InChI=1S/C9H19NO/c1-9(11-3)5-4-7-10(2)8-6-9/h4-8H2,1-3H3. The first-order chi connectivity index (χ1) is 5.16. The maximum absolute atomic E-state index is 5.48. The van der Waals surface area contributed by atoms with Crippen LogP contribution in [0.25, 0.3) is 0 Å². The van der Waals surface area contributed by atoms with Gasteiger partial charge in [0.2, 0.25) is 0 Å². The summed E-state index contributed by atoms with van der Waals surface area (Å²) >= 11 is 0. The molecule has 1 aliphatic heterocycles. The van der Waals surface area contributed by atoms with E-state index in [1.54, 1.807) is 0 Å². The van der Waals surface area contributed by atoms with Gasteiger partial charge in [-0.15, -0.1) is 0 Å². The Morgan fingerprint density at radius 3 is 2.64 bits per heavy atom. The Kier molecular flexibility index (Phi) is 2.90. The molecule has 1 aliphatic rings. The highest BCUT2D eigenvalue weighted by Gasteiger charge is 2.25. The minimum Gasteiger partial charge on any atom is -0.378 e. The molecule has 0 amide bonds. The van der Waals surface area contributed by atoms with Gasteiger partial charge in [-0.05, 0) is 39.8 Å². The molecule has 0 aromatic heterocycles. The second-order valence-electron chi connectivity index (χ2n) is 3.81. The Balaban J connectivity index is 2.45. The third kappa shape index (κ3) is 2.46. The molecule has 1 fully saturated rings. The number of methoxy groups -OCH3 is 1. The second-order valence-corrected chi connectivity index (χ2v) is 3.81. The summed E-state index contributed by atoms with van der Waals surface area (Å²) < 4.78 is 5.48. The van der Waals surface area contributed by atoms with Crippen LogP contribution in [0.3, 0.4) is 0 Å². The number of likely N-dealkylation sites (tertiary alicyclic amines) is 1. The summed E-state index contributed by atoms with van der Waals surface area (Å²) in [6.07, 6.45) is 3.63. The molecule has 1 rings (SSSR count). The Bertz CT molecular complexity index is 127. The summed E-state index contributed by atoms with van der Waals surface area (Å²) in [5.41, 5.74) is 0.144. The first-order valence-corrected chi connectivity index (χ1v) is 4.40. The van der Waals surface area contributed by atoms with E-state index in [1.165, 1.54) is 32.4 Å². The van der Waals surface area contributed by atoms with Crippen molar-refractivity contribution in [3.63, 3.8) is 0 Å². The normalized spacial score (nSPS) is 35.2. The molecule has 1 heterocycles. The lowest BCUT2D eigenvalue weighted by Gasteiger charge is -2.26. The Labute approximate surface area is 69.5 Å². The Morgan fingerprint density at radius 2 is 2.00 bits per heavy atom. The predicted molar refractivity (Wildman–Crippen MR) is 46.8 cm³/mol. The quantitative estimate of drug-likeness (QED) is 0.572. The number of hydrogen-bond donors (Lipinski definition) is 0. The lowest BCUT2D eigenvalue weighted by molar-refractivity contribution is -0.00525. The van der Waals surface area contributed by atoms with Gasteiger partial charge in [-0.2, -0.15) is 0 Å². The van der Waals surface area contributed by atoms with Crippen molar-refractivity contribution < 1.29 is 4.74 Å². The van der Waals surface area contributed by atoms with Gasteiger partial charge < -0.3 is 9.64 Å². The summed E-state index contributed by atoms with van der Waals surface area (Å²) in [7, 11) is 4.01. The summed E-state index contributed by atoms with van der Waals surface area (Å²) in [6, 6.07) is 0. The highest BCUT2D eigenvalue weighted by molar-refractivity contribution is 4.79. The number of rotatable bonds is 1. The van der Waals surface area contributed by atoms with E-state index in [9.17, 15) is 0 Å². The summed E-state index contributed by atoms with van der Waals surface area (Å²) in [4.78, 5) is 2.38. The van der Waals surface area contributed by atoms with Crippen LogP contribution in [-0.4, -0.2) is 37.7 Å². The van der Waals surface area contributed by atoms with Crippen molar-refractivity contribution >= 4 is 0 Å². The summed E-state index contributed by atoms with van der Waals surface area (Å²) in [6.45, 7) is 4.61. The monoisotopic (exact) mass is 157 g/mol. The minimum absolute atomic E-state index is 0.144. The maximum atomic E-state index is 5.48. The molecule has 0 saturated carbocycles. The molecule has 0 spiro atoms. The van der Waals surface area contributed by atoms with Crippen LogP contribution >= 0.6 is 0 Å². The first-order valence-electron chi connectivity index (χ1n) is 4.40. The van der Waals surface area contributed by atoms with Crippen molar-refractivity contribution in [2.75, 3.05) is 27.2 Å². The highest BCUT2D eigenvalue weighted by atomic mass is 16.5. The van der Waals surface area contributed by atoms with Gasteiger partial charge in [0.15, 0.2) is 0 Å². The molecule has 0 N–H and O–H groups in total. The van der Waals surface area contributed by atoms with E-state index < -0.39 is 0 Å². The SMILES string of the molecule is COC1(C)CCCN(C)CC1. The fourth-order valence-electron chi connectivity index (χ4n) is 1.59. The summed E-state index contributed by atoms with van der Waals surface area (Å²) in [5.74, 6) is 0. The molecule has 66 valence electrons. The predicted octanol–water partition coefficient (Wildman–Crippen LogP) is 1.51. The van der Waals surface area contributed by atoms with Gasteiger partial charge in [0.25, 0.3) is 0 Å².